The maximum absolute atomic E-state index is 2.47. The van der Waals surface area contributed by atoms with Crippen molar-refractivity contribution in [3.8, 4) is 45.0 Å². The number of hydrogen-bond donors (Lipinski definition) is 0. The third-order valence-corrected chi connectivity index (χ3v) is 22.3. The summed E-state index contributed by atoms with van der Waals surface area (Å²) < 4.78 is 9.77. The summed E-state index contributed by atoms with van der Waals surface area (Å²) >= 11 is 0. The fourth-order valence-electron chi connectivity index (χ4n) is 18.1. The quantitative estimate of drug-likeness (QED) is 0.148. The number of benzene rings is 19. The summed E-state index contributed by atoms with van der Waals surface area (Å²) in [5.41, 5.74) is 19.3. The zero-order valence-corrected chi connectivity index (χ0v) is 56.6. The van der Waals surface area contributed by atoms with Crippen LogP contribution in [0.25, 0.3) is 208 Å². The van der Waals surface area contributed by atoms with Crippen LogP contribution in [-0.2, 0) is 0 Å². The molecule has 0 radical (unpaired) electrons. The number of fused-ring (bicyclic) bond motifs is 25. The van der Waals surface area contributed by atoms with Crippen LogP contribution in [-0.4, -0.2) is 18.3 Å². The van der Waals surface area contributed by atoms with E-state index in [1.165, 1.54) is 202 Å². The summed E-state index contributed by atoms with van der Waals surface area (Å²) in [6.45, 7) is 0. The van der Waals surface area contributed by atoms with E-state index in [2.05, 4.69) is 394 Å². The first-order valence-corrected chi connectivity index (χ1v) is 36.0. The van der Waals surface area contributed by atoms with Crippen LogP contribution in [0.15, 0.2) is 376 Å². The predicted octanol–water partition coefficient (Wildman–Crippen LogP) is 27.2. The largest absolute Gasteiger partial charge is 0.309 e. The molecule has 0 aliphatic rings. The molecule has 4 heteroatoms. The van der Waals surface area contributed by atoms with Gasteiger partial charge in [0.15, 0.2) is 0 Å². The van der Waals surface area contributed by atoms with Crippen LogP contribution < -0.4 is 0 Å². The van der Waals surface area contributed by atoms with E-state index in [4.69, 9.17) is 0 Å². The normalized spacial score (nSPS) is 12.0. The smallest absolute Gasteiger partial charge is 0.0547 e. The second kappa shape index (κ2) is 22.9. The lowest BCUT2D eigenvalue weighted by atomic mass is 9.94. The van der Waals surface area contributed by atoms with Crippen molar-refractivity contribution in [1.82, 2.24) is 18.3 Å². The molecule has 4 heterocycles. The second-order valence-electron chi connectivity index (χ2n) is 27.7. The lowest BCUT2D eigenvalue weighted by molar-refractivity contribution is 1.18. The molecule has 0 atom stereocenters. The van der Waals surface area contributed by atoms with E-state index in [1.54, 1.807) is 0 Å². The van der Waals surface area contributed by atoms with Crippen LogP contribution in [0.5, 0.6) is 0 Å². The van der Waals surface area contributed by atoms with E-state index in [-0.39, 0.29) is 0 Å². The van der Waals surface area contributed by atoms with Crippen LogP contribution in [0.2, 0.25) is 0 Å². The molecule has 4 nitrogen and oxygen atoms in total. The summed E-state index contributed by atoms with van der Waals surface area (Å²) in [6.07, 6.45) is 0. The highest BCUT2D eigenvalue weighted by Crippen LogP contribution is 2.48. The van der Waals surface area contributed by atoms with Gasteiger partial charge >= 0.3 is 0 Å². The molecule has 0 aliphatic heterocycles. The zero-order valence-electron chi connectivity index (χ0n) is 56.6. The molecule has 0 saturated heterocycles. The van der Waals surface area contributed by atoms with E-state index in [0.29, 0.717) is 0 Å². The Hall–Kier alpha value is -13.8. The average molecular weight is 1320 g/mol. The average Bonchev–Trinajstić information content (AvgIpc) is 1.52. The third-order valence-electron chi connectivity index (χ3n) is 22.3. The summed E-state index contributed by atoms with van der Waals surface area (Å²) in [6, 6.07) is 138. The summed E-state index contributed by atoms with van der Waals surface area (Å²) in [5.74, 6) is 0. The van der Waals surface area contributed by atoms with E-state index in [1.807, 2.05) is 0 Å². The fraction of sp³-hybridized carbons (Fsp3) is 0. The van der Waals surface area contributed by atoms with Crippen LogP contribution in [0.3, 0.4) is 0 Å². The Kier molecular flexibility index (Phi) is 12.8. The molecule has 0 unspecified atom stereocenters. The summed E-state index contributed by atoms with van der Waals surface area (Å²) in [7, 11) is 0. The number of hydrogen-bond acceptors (Lipinski definition) is 0. The SMILES string of the molecule is c1ccc(-n2c3ccccc3c3c(-c4cccc5c4c4ccccc4n5-c4ccc5c6ccccc6c6ccccc6c5c4)cccc32)cc1.c1ccc2cc(-n3c4ccccc4c4c(-c5cccc6c5c5ccccc5n6-c5ccc6c7ccccc7c7ccccc7c6c5)cccc43)ccc2c1. The lowest BCUT2D eigenvalue weighted by Crippen LogP contribution is -1.95. The van der Waals surface area contributed by atoms with E-state index in [0.717, 1.165) is 5.69 Å². The minimum absolute atomic E-state index is 1.16. The molecule has 0 amide bonds. The van der Waals surface area contributed by atoms with Crippen LogP contribution in [0.4, 0.5) is 0 Å². The van der Waals surface area contributed by atoms with Crippen molar-refractivity contribution in [2.45, 2.75) is 0 Å². The van der Waals surface area contributed by atoms with Crippen molar-refractivity contribution in [2.24, 2.45) is 0 Å². The number of para-hydroxylation sites is 5. The number of nitrogens with zero attached hydrogens (tertiary/aromatic N) is 4. The van der Waals surface area contributed by atoms with Gasteiger partial charge in [-0.1, -0.05) is 279 Å². The van der Waals surface area contributed by atoms with Crippen molar-refractivity contribution in [3.05, 3.63) is 376 Å². The van der Waals surface area contributed by atoms with Gasteiger partial charge in [0, 0.05) is 65.8 Å². The molecule has 0 aliphatic carbocycles. The molecule has 0 fully saturated rings. The van der Waals surface area contributed by atoms with Gasteiger partial charge in [0.2, 0.25) is 0 Å². The fourth-order valence-corrected chi connectivity index (χ4v) is 18.1. The first-order chi connectivity index (χ1) is 51.7. The predicted molar refractivity (Wildman–Crippen MR) is 444 cm³/mol. The molecule has 4 aromatic heterocycles. The van der Waals surface area contributed by atoms with E-state index < -0.39 is 0 Å². The Bertz CT molecular complexity index is 7470. The molecule has 0 spiro atoms. The minimum Gasteiger partial charge on any atom is -0.309 e. The Labute approximate surface area is 598 Å². The Morgan fingerprint density at radius 1 is 0.125 bits per heavy atom. The first-order valence-electron chi connectivity index (χ1n) is 36.0. The van der Waals surface area contributed by atoms with Crippen molar-refractivity contribution < 1.29 is 0 Å². The van der Waals surface area contributed by atoms with Crippen LogP contribution in [0, 0.1) is 0 Å². The van der Waals surface area contributed by atoms with Gasteiger partial charge < -0.3 is 18.3 Å². The van der Waals surface area contributed by atoms with Gasteiger partial charge in [-0.3, -0.25) is 0 Å². The highest BCUT2D eigenvalue weighted by molar-refractivity contribution is 6.29. The molecule has 0 N–H and O–H groups in total. The lowest BCUT2D eigenvalue weighted by Gasteiger charge is -2.14. The molecule has 482 valence electrons. The standard InChI is InChI=1S/C52H32N2.C48H30N2/c1-2-14-34-31-35(28-27-33(34)13-1)53-47-23-9-7-19-44(47)51-42(21-11-25-49(51)53)43-22-12-26-50-52(43)45-20-8-10-24-48(45)54(50)36-29-30-41-39-17-4-3-15-37(39)38-16-5-6-18-40(38)46(41)32-36;1-2-14-31(15-3-1)49-43-24-10-8-20-40(43)47-38(22-12-26-45(47)49)39-23-13-27-46-48(39)41-21-9-11-25-44(41)50(46)32-28-29-37-35-18-5-4-16-33(35)34-17-6-7-19-36(34)42(37)30-32/h1-32H;1-30H. The van der Waals surface area contributed by atoms with Gasteiger partial charge in [0.05, 0.1) is 44.1 Å². The highest BCUT2D eigenvalue weighted by Gasteiger charge is 2.25. The summed E-state index contributed by atoms with van der Waals surface area (Å²) in [4.78, 5) is 0. The number of aromatic nitrogens is 4. The van der Waals surface area contributed by atoms with Gasteiger partial charge in [-0.05, 0) is 195 Å². The maximum Gasteiger partial charge on any atom is 0.0547 e. The van der Waals surface area contributed by atoms with E-state index >= 15 is 0 Å². The Morgan fingerprint density at radius 2 is 0.365 bits per heavy atom. The third kappa shape index (κ3) is 8.54. The Balaban J connectivity index is 0.000000131. The molecule has 23 aromatic rings. The van der Waals surface area contributed by atoms with Gasteiger partial charge in [0.25, 0.3) is 0 Å². The Morgan fingerprint density at radius 3 is 0.712 bits per heavy atom. The molecule has 0 saturated carbocycles. The van der Waals surface area contributed by atoms with Crippen molar-refractivity contribution in [3.63, 3.8) is 0 Å². The van der Waals surface area contributed by atoms with Crippen LogP contribution in [0.1, 0.15) is 0 Å². The molecule has 23 rings (SSSR count). The van der Waals surface area contributed by atoms with Crippen molar-refractivity contribution in [2.75, 3.05) is 0 Å². The van der Waals surface area contributed by atoms with Gasteiger partial charge in [-0.15, -0.1) is 0 Å². The zero-order chi connectivity index (χ0) is 68.1. The van der Waals surface area contributed by atoms with E-state index in [9.17, 15) is 0 Å². The van der Waals surface area contributed by atoms with Gasteiger partial charge in [0.1, 0.15) is 0 Å². The second-order valence-corrected chi connectivity index (χ2v) is 27.7. The topological polar surface area (TPSA) is 19.7 Å². The van der Waals surface area contributed by atoms with Gasteiger partial charge in [-0.25, -0.2) is 0 Å². The molecule has 0 bridgehead atoms. The molecule has 104 heavy (non-hydrogen) atoms. The minimum atomic E-state index is 1.16. The van der Waals surface area contributed by atoms with Crippen LogP contribution >= 0.6 is 0 Å². The molecule has 19 aromatic carbocycles. The molecular weight excluding hydrogens is 1260 g/mol. The van der Waals surface area contributed by atoms with Gasteiger partial charge in [-0.2, -0.15) is 0 Å². The number of rotatable bonds is 6. The monoisotopic (exact) mass is 1320 g/mol. The molecular formula is C100H62N4. The first kappa shape index (κ1) is 58.0. The maximum atomic E-state index is 2.47. The van der Waals surface area contributed by atoms with Crippen molar-refractivity contribution >= 4 is 163 Å². The summed E-state index contributed by atoms with van der Waals surface area (Å²) in [5, 5.41) is 28.0. The van der Waals surface area contributed by atoms with Crippen molar-refractivity contribution in [1.29, 1.82) is 0 Å². The highest BCUT2D eigenvalue weighted by atomic mass is 15.0.